The van der Waals surface area contributed by atoms with Gasteiger partial charge < -0.3 is 14.4 Å². The normalized spacial score (nSPS) is 15.5. The molecule has 0 bridgehead atoms. The second-order valence-electron chi connectivity index (χ2n) is 6.83. The highest BCUT2D eigenvalue weighted by Crippen LogP contribution is 2.31. The molecule has 1 atom stereocenters. The van der Waals surface area contributed by atoms with Gasteiger partial charge in [0.25, 0.3) is 0 Å². The standard InChI is InChI=1S/C21H23N3O5S/c1-3-24(13-17-15-28-19-6-4-5-7-20(19)29-17)21(25)14-23(2)30(26,27)18-10-8-16(12-22)9-11-18/h4-11,17H,3,13-15H2,1-2H3. The Morgan fingerprint density at radius 3 is 2.47 bits per heavy atom. The molecule has 2 aromatic rings. The minimum absolute atomic E-state index is 0.0282. The van der Waals surface area contributed by atoms with Crippen LogP contribution in [0, 0.1) is 11.3 Å². The Morgan fingerprint density at radius 2 is 1.83 bits per heavy atom. The van der Waals surface area contributed by atoms with Crippen molar-refractivity contribution in [1.82, 2.24) is 9.21 Å². The molecule has 1 aliphatic rings. The molecule has 2 aromatic carbocycles. The Morgan fingerprint density at radius 1 is 1.17 bits per heavy atom. The van der Waals surface area contributed by atoms with Gasteiger partial charge in [0.05, 0.1) is 29.6 Å². The summed E-state index contributed by atoms with van der Waals surface area (Å²) in [6.45, 7) is 2.52. The monoisotopic (exact) mass is 429 g/mol. The number of nitriles is 1. The van der Waals surface area contributed by atoms with E-state index in [1.165, 1.54) is 31.3 Å². The van der Waals surface area contributed by atoms with Crippen molar-refractivity contribution < 1.29 is 22.7 Å². The largest absolute Gasteiger partial charge is 0.486 e. The number of fused-ring (bicyclic) bond motifs is 1. The van der Waals surface area contributed by atoms with Crippen LogP contribution in [0.25, 0.3) is 0 Å². The summed E-state index contributed by atoms with van der Waals surface area (Å²) in [5, 5.41) is 8.86. The van der Waals surface area contributed by atoms with E-state index in [9.17, 15) is 13.2 Å². The summed E-state index contributed by atoms with van der Waals surface area (Å²) < 4.78 is 38.1. The second kappa shape index (κ2) is 9.15. The number of sulfonamides is 1. The van der Waals surface area contributed by atoms with Gasteiger partial charge in [-0.3, -0.25) is 4.79 Å². The number of rotatable bonds is 7. The minimum Gasteiger partial charge on any atom is -0.486 e. The Hall–Kier alpha value is -3.09. The lowest BCUT2D eigenvalue weighted by Crippen LogP contribution is -2.47. The van der Waals surface area contributed by atoms with E-state index >= 15 is 0 Å². The maximum Gasteiger partial charge on any atom is 0.243 e. The maximum absolute atomic E-state index is 12.8. The van der Waals surface area contributed by atoms with Crippen molar-refractivity contribution in [2.75, 3.05) is 33.3 Å². The van der Waals surface area contributed by atoms with E-state index < -0.39 is 10.0 Å². The van der Waals surface area contributed by atoms with Gasteiger partial charge in [0.15, 0.2) is 17.6 Å². The molecule has 30 heavy (non-hydrogen) atoms. The molecule has 8 nitrogen and oxygen atoms in total. The fourth-order valence-electron chi connectivity index (χ4n) is 3.06. The van der Waals surface area contributed by atoms with Gasteiger partial charge in [-0.25, -0.2) is 8.42 Å². The molecule has 3 rings (SSSR count). The first kappa shape index (κ1) is 21.6. The molecule has 0 aliphatic carbocycles. The summed E-state index contributed by atoms with van der Waals surface area (Å²) in [6, 6.07) is 14.8. The third-order valence-electron chi connectivity index (χ3n) is 4.78. The van der Waals surface area contributed by atoms with Crippen LogP contribution in [0.5, 0.6) is 11.5 Å². The zero-order valence-electron chi connectivity index (χ0n) is 16.8. The van der Waals surface area contributed by atoms with Gasteiger partial charge >= 0.3 is 0 Å². The van der Waals surface area contributed by atoms with Gasteiger partial charge in [0.2, 0.25) is 15.9 Å². The van der Waals surface area contributed by atoms with Crippen molar-refractivity contribution in [1.29, 1.82) is 5.26 Å². The van der Waals surface area contributed by atoms with Crippen LogP contribution in [0.3, 0.4) is 0 Å². The van der Waals surface area contributed by atoms with Gasteiger partial charge in [-0.05, 0) is 43.3 Å². The van der Waals surface area contributed by atoms with E-state index in [2.05, 4.69) is 0 Å². The van der Waals surface area contributed by atoms with Crippen LogP contribution in [0.1, 0.15) is 12.5 Å². The van der Waals surface area contributed by atoms with Crippen LogP contribution < -0.4 is 9.47 Å². The van der Waals surface area contributed by atoms with E-state index in [-0.39, 0.29) is 30.0 Å². The van der Waals surface area contributed by atoms with Crippen molar-refractivity contribution in [3.05, 3.63) is 54.1 Å². The highest BCUT2D eigenvalue weighted by molar-refractivity contribution is 7.89. The molecule has 1 aliphatic heterocycles. The minimum atomic E-state index is -3.85. The number of amides is 1. The van der Waals surface area contributed by atoms with Crippen LogP contribution in [0.4, 0.5) is 0 Å². The predicted octanol–water partition coefficient (Wildman–Crippen LogP) is 1.87. The lowest BCUT2D eigenvalue weighted by atomic mass is 10.2. The summed E-state index contributed by atoms with van der Waals surface area (Å²) in [6.07, 6.45) is -0.343. The molecule has 1 heterocycles. The average Bonchev–Trinajstić information content (AvgIpc) is 2.77. The highest BCUT2D eigenvalue weighted by atomic mass is 32.2. The first-order valence-electron chi connectivity index (χ1n) is 9.48. The van der Waals surface area contributed by atoms with Gasteiger partial charge in [-0.2, -0.15) is 9.57 Å². The van der Waals surface area contributed by atoms with Crippen molar-refractivity contribution in [2.24, 2.45) is 0 Å². The topological polar surface area (TPSA) is 99.9 Å². The van der Waals surface area contributed by atoms with Gasteiger partial charge in [0, 0.05) is 13.6 Å². The second-order valence-corrected chi connectivity index (χ2v) is 8.87. The molecule has 0 spiro atoms. The molecule has 0 radical (unpaired) electrons. The number of carbonyl (C=O) groups is 1. The van der Waals surface area contributed by atoms with Crippen LogP contribution in [0.15, 0.2) is 53.4 Å². The third kappa shape index (κ3) is 4.72. The number of benzene rings is 2. The quantitative estimate of drug-likeness (QED) is 0.666. The Bertz CT molecular complexity index is 1050. The smallest absolute Gasteiger partial charge is 0.243 e. The summed E-state index contributed by atoms with van der Waals surface area (Å²) >= 11 is 0. The molecule has 1 unspecified atom stereocenters. The number of hydrogen-bond donors (Lipinski definition) is 0. The molecule has 0 N–H and O–H groups in total. The zero-order chi connectivity index (χ0) is 21.7. The zero-order valence-corrected chi connectivity index (χ0v) is 17.6. The predicted molar refractivity (Wildman–Crippen MR) is 110 cm³/mol. The molecular formula is C21H23N3O5S. The molecule has 0 saturated heterocycles. The lowest BCUT2D eigenvalue weighted by molar-refractivity contribution is -0.132. The summed E-state index contributed by atoms with van der Waals surface area (Å²) in [7, 11) is -2.50. The lowest BCUT2D eigenvalue weighted by Gasteiger charge is -2.31. The van der Waals surface area contributed by atoms with Crippen LogP contribution in [0.2, 0.25) is 0 Å². The van der Waals surface area contributed by atoms with E-state index in [0.717, 1.165) is 4.31 Å². The van der Waals surface area contributed by atoms with Crippen molar-refractivity contribution in [3.8, 4) is 17.6 Å². The number of para-hydroxylation sites is 2. The fraction of sp³-hybridized carbons (Fsp3) is 0.333. The third-order valence-corrected chi connectivity index (χ3v) is 6.59. The Balaban J connectivity index is 1.63. The van der Waals surface area contributed by atoms with Crippen molar-refractivity contribution >= 4 is 15.9 Å². The van der Waals surface area contributed by atoms with Crippen LogP contribution in [-0.4, -0.2) is 62.9 Å². The van der Waals surface area contributed by atoms with E-state index in [4.69, 9.17) is 14.7 Å². The number of likely N-dealkylation sites (N-methyl/N-ethyl adjacent to an activating group) is 2. The van der Waals surface area contributed by atoms with E-state index in [1.807, 2.05) is 31.2 Å². The molecule has 158 valence electrons. The molecule has 1 amide bonds. The molecule has 9 heteroatoms. The molecule has 0 saturated carbocycles. The van der Waals surface area contributed by atoms with Crippen molar-refractivity contribution in [2.45, 2.75) is 17.9 Å². The SMILES string of the molecule is CCN(CC1COc2ccccc2O1)C(=O)CN(C)S(=O)(=O)c1ccc(C#N)cc1. The number of nitrogens with zero attached hydrogens (tertiary/aromatic N) is 3. The fourth-order valence-corrected chi connectivity index (χ4v) is 4.18. The summed E-state index contributed by atoms with van der Waals surface area (Å²) in [5.74, 6) is 0.953. The van der Waals surface area contributed by atoms with Gasteiger partial charge in [-0.1, -0.05) is 12.1 Å². The first-order chi connectivity index (χ1) is 14.3. The van der Waals surface area contributed by atoms with E-state index in [1.54, 1.807) is 11.0 Å². The Kier molecular flexibility index (Phi) is 6.59. The molecule has 0 fully saturated rings. The Labute approximate surface area is 176 Å². The highest BCUT2D eigenvalue weighted by Gasteiger charge is 2.28. The first-order valence-corrected chi connectivity index (χ1v) is 10.9. The van der Waals surface area contributed by atoms with Crippen LogP contribution in [-0.2, 0) is 14.8 Å². The summed E-state index contributed by atoms with van der Waals surface area (Å²) in [4.78, 5) is 14.3. The average molecular weight is 429 g/mol. The van der Waals surface area contributed by atoms with Crippen LogP contribution >= 0.6 is 0 Å². The van der Waals surface area contributed by atoms with Gasteiger partial charge in [0.1, 0.15) is 6.61 Å². The van der Waals surface area contributed by atoms with E-state index in [0.29, 0.717) is 30.2 Å². The summed E-state index contributed by atoms with van der Waals surface area (Å²) in [5.41, 5.74) is 0.362. The molecule has 0 aromatic heterocycles. The van der Waals surface area contributed by atoms with Gasteiger partial charge in [-0.15, -0.1) is 0 Å². The van der Waals surface area contributed by atoms with Crippen molar-refractivity contribution in [3.63, 3.8) is 0 Å². The number of hydrogen-bond acceptors (Lipinski definition) is 6. The number of carbonyl (C=O) groups excluding carboxylic acids is 1. The maximum atomic E-state index is 12.8. The number of ether oxygens (including phenoxy) is 2. The molecular weight excluding hydrogens is 406 g/mol.